The van der Waals surface area contributed by atoms with Crippen LogP contribution in [0.25, 0.3) is 22.5 Å². The maximum absolute atomic E-state index is 13.2. The first-order valence-electron chi connectivity index (χ1n) is 7.75. The van der Waals surface area contributed by atoms with Gasteiger partial charge >= 0.3 is 0 Å². The second-order valence-electron chi connectivity index (χ2n) is 5.12. The second kappa shape index (κ2) is 8.06. The summed E-state index contributed by atoms with van der Waals surface area (Å²) in [6.45, 7) is 11.6. The standard InChI is InChI=1S/C21H21FN2/c1-5-9-15(7-3)19-20(16(8-4)10-6-2)24-21(23-19)17-11-13-18(22)14-12-17/h5-14H,1,3H2,2,4H3,(H,23,24). The van der Waals surface area contributed by atoms with Gasteiger partial charge in [0.05, 0.1) is 11.4 Å². The number of nitrogens with one attached hydrogen (secondary N) is 1. The van der Waals surface area contributed by atoms with E-state index in [2.05, 4.69) is 18.1 Å². The normalized spacial score (nSPS) is 12.6. The van der Waals surface area contributed by atoms with Crippen molar-refractivity contribution in [3.63, 3.8) is 0 Å². The zero-order valence-electron chi connectivity index (χ0n) is 14.0. The summed E-state index contributed by atoms with van der Waals surface area (Å²) in [5.74, 6) is 0.410. The van der Waals surface area contributed by atoms with Gasteiger partial charge in [0, 0.05) is 5.56 Å². The summed E-state index contributed by atoms with van der Waals surface area (Å²) in [4.78, 5) is 8.06. The van der Waals surface area contributed by atoms with Crippen LogP contribution in [0.3, 0.4) is 0 Å². The molecule has 2 nitrogen and oxygen atoms in total. The summed E-state index contributed by atoms with van der Waals surface area (Å²) in [7, 11) is 0. The van der Waals surface area contributed by atoms with Crippen molar-refractivity contribution in [2.75, 3.05) is 0 Å². The highest BCUT2D eigenvalue weighted by Crippen LogP contribution is 2.29. The van der Waals surface area contributed by atoms with Crippen molar-refractivity contribution in [2.24, 2.45) is 0 Å². The fourth-order valence-corrected chi connectivity index (χ4v) is 2.41. The van der Waals surface area contributed by atoms with Gasteiger partial charge in [-0.15, -0.1) is 0 Å². The largest absolute Gasteiger partial charge is 0.337 e. The fourth-order valence-electron chi connectivity index (χ4n) is 2.41. The average molecular weight is 320 g/mol. The van der Waals surface area contributed by atoms with E-state index in [9.17, 15) is 4.39 Å². The van der Waals surface area contributed by atoms with E-state index in [4.69, 9.17) is 4.98 Å². The minimum Gasteiger partial charge on any atom is -0.337 e. The van der Waals surface area contributed by atoms with Crippen LogP contribution in [0.1, 0.15) is 25.2 Å². The number of rotatable bonds is 6. The van der Waals surface area contributed by atoms with E-state index in [1.165, 1.54) is 12.1 Å². The lowest BCUT2D eigenvalue weighted by Gasteiger charge is -2.03. The van der Waals surface area contributed by atoms with Crippen LogP contribution < -0.4 is 0 Å². The molecule has 0 bridgehead atoms. The molecule has 1 N–H and O–H groups in total. The maximum atomic E-state index is 13.2. The summed E-state index contributed by atoms with van der Waals surface area (Å²) in [6.07, 6.45) is 11.3. The van der Waals surface area contributed by atoms with E-state index >= 15 is 0 Å². The molecule has 1 heterocycles. The monoisotopic (exact) mass is 320 g/mol. The van der Waals surface area contributed by atoms with Crippen molar-refractivity contribution in [3.05, 3.63) is 91.1 Å². The third-order valence-electron chi connectivity index (χ3n) is 3.56. The summed E-state index contributed by atoms with van der Waals surface area (Å²) in [6, 6.07) is 6.26. The summed E-state index contributed by atoms with van der Waals surface area (Å²) >= 11 is 0. The van der Waals surface area contributed by atoms with Crippen molar-refractivity contribution in [3.8, 4) is 11.4 Å². The quantitative estimate of drug-likeness (QED) is 0.654. The van der Waals surface area contributed by atoms with Crippen LogP contribution in [0.2, 0.25) is 0 Å². The van der Waals surface area contributed by atoms with Crippen molar-refractivity contribution in [2.45, 2.75) is 13.8 Å². The number of imidazole rings is 1. The number of benzene rings is 1. The van der Waals surface area contributed by atoms with Gasteiger partial charge in [-0.25, -0.2) is 9.37 Å². The third-order valence-corrected chi connectivity index (χ3v) is 3.56. The number of halogens is 1. The van der Waals surface area contributed by atoms with Crippen molar-refractivity contribution >= 4 is 11.1 Å². The minimum atomic E-state index is -0.271. The van der Waals surface area contributed by atoms with Gasteiger partial charge in [-0.2, -0.15) is 0 Å². The molecule has 1 aromatic carbocycles. The third kappa shape index (κ3) is 3.69. The lowest BCUT2D eigenvalue weighted by atomic mass is 10.0. The zero-order chi connectivity index (χ0) is 17.5. The molecule has 2 aromatic rings. The molecule has 0 saturated heterocycles. The molecule has 0 radical (unpaired) electrons. The Bertz CT molecular complexity index is 818. The maximum Gasteiger partial charge on any atom is 0.138 e. The van der Waals surface area contributed by atoms with Crippen LogP contribution in [0.15, 0.2) is 73.9 Å². The van der Waals surface area contributed by atoms with Gasteiger partial charge in [0.1, 0.15) is 11.6 Å². The predicted molar refractivity (Wildman–Crippen MR) is 101 cm³/mol. The van der Waals surface area contributed by atoms with Crippen LogP contribution >= 0.6 is 0 Å². The SMILES string of the molecule is C=CC=C(C=C)c1[nH]c(-c2ccc(F)cc2)nc1C(C=CC)=CC. The molecule has 0 atom stereocenters. The number of hydrogen-bond acceptors (Lipinski definition) is 1. The Labute approximate surface area is 142 Å². The van der Waals surface area contributed by atoms with Crippen LogP contribution in [0.5, 0.6) is 0 Å². The minimum absolute atomic E-state index is 0.271. The van der Waals surface area contributed by atoms with E-state index in [1.807, 2.05) is 38.2 Å². The zero-order valence-corrected chi connectivity index (χ0v) is 14.0. The molecule has 2 rings (SSSR count). The first-order valence-corrected chi connectivity index (χ1v) is 7.75. The van der Waals surface area contributed by atoms with Crippen LogP contribution in [0.4, 0.5) is 4.39 Å². The molecule has 0 aliphatic carbocycles. The van der Waals surface area contributed by atoms with Crippen molar-refractivity contribution in [1.29, 1.82) is 0 Å². The number of allylic oxidation sites excluding steroid dienone is 8. The molecule has 1 aromatic heterocycles. The highest BCUT2D eigenvalue weighted by atomic mass is 19.1. The van der Waals surface area contributed by atoms with E-state index in [0.29, 0.717) is 5.82 Å². The van der Waals surface area contributed by atoms with Gasteiger partial charge < -0.3 is 4.98 Å². The van der Waals surface area contributed by atoms with E-state index < -0.39 is 0 Å². The number of H-pyrrole nitrogens is 1. The molecule has 24 heavy (non-hydrogen) atoms. The van der Waals surface area contributed by atoms with Gasteiger partial charge in [0.25, 0.3) is 0 Å². The summed E-state index contributed by atoms with van der Waals surface area (Å²) < 4.78 is 13.2. The lowest BCUT2D eigenvalue weighted by Crippen LogP contribution is -1.89. The lowest BCUT2D eigenvalue weighted by molar-refractivity contribution is 0.628. The molecule has 0 amide bonds. The van der Waals surface area contributed by atoms with E-state index in [-0.39, 0.29) is 5.82 Å². The van der Waals surface area contributed by atoms with Crippen LogP contribution in [-0.4, -0.2) is 9.97 Å². The predicted octanol–water partition coefficient (Wildman–Crippen LogP) is 5.95. The molecule has 0 spiro atoms. The first-order chi connectivity index (χ1) is 11.6. The molecule has 0 aliphatic heterocycles. The Kier molecular flexibility index (Phi) is 5.85. The Balaban J connectivity index is 2.67. The number of hydrogen-bond donors (Lipinski definition) is 1. The summed E-state index contributed by atoms with van der Waals surface area (Å²) in [5, 5.41) is 0. The molecular formula is C21H21FN2. The number of nitrogens with zero attached hydrogens (tertiary/aromatic N) is 1. The fraction of sp³-hybridized carbons (Fsp3) is 0.0952. The van der Waals surface area contributed by atoms with E-state index in [0.717, 1.165) is 28.1 Å². The summed E-state index contributed by atoms with van der Waals surface area (Å²) in [5.41, 5.74) is 4.39. The Morgan fingerprint density at radius 2 is 1.83 bits per heavy atom. The molecular weight excluding hydrogens is 299 g/mol. The average Bonchev–Trinajstić information content (AvgIpc) is 3.03. The molecule has 3 heteroatoms. The Hall–Kier alpha value is -2.94. The topological polar surface area (TPSA) is 28.7 Å². The van der Waals surface area contributed by atoms with Crippen molar-refractivity contribution in [1.82, 2.24) is 9.97 Å². The number of aromatic amines is 1. The molecule has 0 aliphatic rings. The molecule has 122 valence electrons. The Morgan fingerprint density at radius 3 is 2.38 bits per heavy atom. The van der Waals surface area contributed by atoms with Crippen molar-refractivity contribution < 1.29 is 4.39 Å². The Morgan fingerprint density at radius 1 is 1.12 bits per heavy atom. The van der Waals surface area contributed by atoms with Gasteiger partial charge in [-0.3, -0.25) is 0 Å². The highest BCUT2D eigenvalue weighted by molar-refractivity contribution is 5.85. The van der Waals surface area contributed by atoms with E-state index in [1.54, 1.807) is 24.3 Å². The molecule has 0 fully saturated rings. The van der Waals surface area contributed by atoms with Gasteiger partial charge in [0.2, 0.25) is 0 Å². The van der Waals surface area contributed by atoms with Gasteiger partial charge in [-0.1, -0.05) is 49.6 Å². The molecule has 0 unspecified atom stereocenters. The number of aromatic nitrogens is 2. The molecule has 0 saturated carbocycles. The van der Waals surface area contributed by atoms with Crippen LogP contribution in [0, 0.1) is 5.82 Å². The highest BCUT2D eigenvalue weighted by Gasteiger charge is 2.15. The smallest absolute Gasteiger partial charge is 0.138 e. The van der Waals surface area contributed by atoms with Gasteiger partial charge in [0.15, 0.2) is 0 Å². The second-order valence-corrected chi connectivity index (χ2v) is 5.12. The van der Waals surface area contributed by atoms with Gasteiger partial charge in [-0.05, 0) is 49.3 Å². The first kappa shape index (κ1) is 17.4. The van der Waals surface area contributed by atoms with Crippen LogP contribution in [-0.2, 0) is 0 Å².